The molecule has 0 spiro atoms. The van der Waals surface area contributed by atoms with Crippen LogP contribution in [-0.2, 0) is 4.79 Å². The Labute approximate surface area is 169 Å². The van der Waals surface area contributed by atoms with Crippen LogP contribution in [0.15, 0.2) is 42.5 Å². The van der Waals surface area contributed by atoms with Crippen molar-refractivity contribution in [1.29, 1.82) is 0 Å². The zero-order chi connectivity index (χ0) is 21.0. The molecule has 0 unspecified atom stereocenters. The van der Waals surface area contributed by atoms with Crippen LogP contribution in [0.1, 0.15) is 37.0 Å². The summed E-state index contributed by atoms with van der Waals surface area (Å²) in [6.07, 6.45) is 2.03. The van der Waals surface area contributed by atoms with Crippen LogP contribution in [0, 0.1) is 16.0 Å². The van der Waals surface area contributed by atoms with E-state index in [0.717, 1.165) is 25.9 Å². The fraction of sp³-hybridized carbons (Fsp3) is 0.333. The highest BCUT2D eigenvalue weighted by atomic mass is 16.6. The summed E-state index contributed by atoms with van der Waals surface area (Å²) in [6.45, 7) is 5.24. The lowest BCUT2D eigenvalue weighted by molar-refractivity contribution is -0.384. The van der Waals surface area contributed by atoms with Gasteiger partial charge in [0.1, 0.15) is 0 Å². The molecule has 8 nitrogen and oxygen atoms in total. The number of non-ortho nitro benzene ring substituents is 1. The second-order valence-corrected chi connectivity index (χ2v) is 7.34. The van der Waals surface area contributed by atoms with Crippen molar-refractivity contribution in [2.45, 2.75) is 26.7 Å². The molecule has 0 bridgehead atoms. The Kier molecular flexibility index (Phi) is 6.11. The number of nitrogens with one attached hydrogen (secondary N) is 2. The van der Waals surface area contributed by atoms with Crippen LogP contribution in [-0.4, -0.2) is 29.8 Å². The monoisotopic (exact) mass is 396 g/mol. The molecular formula is C21H24N4O4. The molecular weight excluding hydrogens is 372 g/mol. The number of amides is 2. The average molecular weight is 396 g/mol. The molecule has 1 saturated heterocycles. The fourth-order valence-corrected chi connectivity index (χ4v) is 3.38. The maximum absolute atomic E-state index is 12.9. The SMILES string of the molecule is CC(=O)Nc1ccc(NC(=O)c2cc([N+](=O)[O-])ccc2N2CCC(C)CC2)cc1. The smallest absolute Gasteiger partial charge is 0.270 e. The lowest BCUT2D eigenvalue weighted by atomic mass is 9.98. The number of piperidine rings is 1. The minimum atomic E-state index is -0.499. The van der Waals surface area contributed by atoms with E-state index in [1.807, 2.05) is 0 Å². The summed E-state index contributed by atoms with van der Waals surface area (Å²) >= 11 is 0. The van der Waals surface area contributed by atoms with Crippen molar-refractivity contribution >= 4 is 34.6 Å². The molecule has 8 heteroatoms. The van der Waals surface area contributed by atoms with Crippen LogP contribution in [0.4, 0.5) is 22.7 Å². The van der Waals surface area contributed by atoms with Gasteiger partial charge in [0.05, 0.1) is 16.2 Å². The number of benzene rings is 2. The molecule has 0 aliphatic carbocycles. The Morgan fingerprint density at radius 1 is 1.03 bits per heavy atom. The van der Waals surface area contributed by atoms with Crippen molar-refractivity contribution in [2.75, 3.05) is 28.6 Å². The summed E-state index contributed by atoms with van der Waals surface area (Å²) < 4.78 is 0. The van der Waals surface area contributed by atoms with Gasteiger partial charge in [0, 0.05) is 43.5 Å². The van der Waals surface area contributed by atoms with E-state index in [4.69, 9.17) is 0 Å². The van der Waals surface area contributed by atoms with Gasteiger partial charge in [0.2, 0.25) is 5.91 Å². The number of nitro benzene ring substituents is 1. The Hall–Kier alpha value is -3.42. The number of carbonyl (C=O) groups excluding carboxylic acids is 2. The average Bonchev–Trinajstić information content (AvgIpc) is 2.69. The molecule has 2 amide bonds. The van der Waals surface area contributed by atoms with Crippen molar-refractivity contribution in [3.05, 3.63) is 58.1 Å². The molecule has 0 saturated carbocycles. The van der Waals surface area contributed by atoms with Gasteiger partial charge in [-0.15, -0.1) is 0 Å². The summed E-state index contributed by atoms with van der Waals surface area (Å²) in [7, 11) is 0. The van der Waals surface area contributed by atoms with E-state index >= 15 is 0 Å². The molecule has 1 heterocycles. The first-order valence-electron chi connectivity index (χ1n) is 9.56. The number of nitro groups is 1. The van der Waals surface area contributed by atoms with E-state index in [9.17, 15) is 19.7 Å². The first-order valence-corrected chi connectivity index (χ1v) is 9.56. The minimum Gasteiger partial charge on any atom is -0.371 e. The molecule has 1 aliphatic rings. The summed E-state index contributed by atoms with van der Waals surface area (Å²) in [5, 5.41) is 16.7. The third kappa shape index (κ3) is 5.10. The van der Waals surface area contributed by atoms with E-state index in [-0.39, 0.29) is 17.2 Å². The molecule has 3 rings (SSSR count). The number of carbonyl (C=O) groups is 2. The summed E-state index contributed by atoms with van der Waals surface area (Å²) in [4.78, 5) is 36.9. The summed E-state index contributed by atoms with van der Waals surface area (Å²) in [5.74, 6) is 0.0390. The minimum absolute atomic E-state index is 0.120. The molecule has 0 aromatic heterocycles. The van der Waals surface area contributed by atoms with E-state index in [0.29, 0.717) is 23.0 Å². The zero-order valence-electron chi connectivity index (χ0n) is 16.5. The van der Waals surface area contributed by atoms with Crippen molar-refractivity contribution in [2.24, 2.45) is 5.92 Å². The first kappa shape index (κ1) is 20.3. The lowest BCUT2D eigenvalue weighted by Gasteiger charge is -2.33. The second-order valence-electron chi connectivity index (χ2n) is 7.34. The maximum Gasteiger partial charge on any atom is 0.270 e. The second kappa shape index (κ2) is 8.72. The maximum atomic E-state index is 12.9. The first-order chi connectivity index (χ1) is 13.8. The summed E-state index contributed by atoms with van der Waals surface area (Å²) in [6, 6.07) is 11.1. The lowest BCUT2D eigenvalue weighted by Crippen LogP contribution is -2.34. The Bertz CT molecular complexity index is 919. The summed E-state index contributed by atoms with van der Waals surface area (Å²) in [5.41, 5.74) is 2.02. The van der Waals surface area contributed by atoms with E-state index < -0.39 is 10.8 Å². The highest BCUT2D eigenvalue weighted by Crippen LogP contribution is 2.30. The topological polar surface area (TPSA) is 105 Å². The Balaban J connectivity index is 1.84. The molecule has 2 aromatic carbocycles. The van der Waals surface area contributed by atoms with Gasteiger partial charge in [-0.3, -0.25) is 19.7 Å². The van der Waals surface area contributed by atoms with Gasteiger partial charge >= 0.3 is 0 Å². The predicted octanol–water partition coefficient (Wildman–Crippen LogP) is 4.04. The van der Waals surface area contributed by atoms with Crippen molar-refractivity contribution in [3.63, 3.8) is 0 Å². The molecule has 0 atom stereocenters. The van der Waals surface area contributed by atoms with E-state index in [1.54, 1.807) is 30.3 Å². The molecule has 2 N–H and O–H groups in total. The molecule has 1 fully saturated rings. The van der Waals surface area contributed by atoms with Gasteiger partial charge in [0.15, 0.2) is 0 Å². The van der Waals surface area contributed by atoms with E-state index in [2.05, 4.69) is 22.5 Å². The third-order valence-corrected chi connectivity index (χ3v) is 5.02. The number of hydrogen-bond acceptors (Lipinski definition) is 5. The van der Waals surface area contributed by atoms with Gasteiger partial charge < -0.3 is 15.5 Å². The number of nitrogens with zero attached hydrogens (tertiary/aromatic N) is 2. The van der Waals surface area contributed by atoms with Gasteiger partial charge in [-0.05, 0) is 49.1 Å². The largest absolute Gasteiger partial charge is 0.371 e. The fourth-order valence-electron chi connectivity index (χ4n) is 3.38. The van der Waals surface area contributed by atoms with E-state index in [1.165, 1.54) is 19.1 Å². The van der Waals surface area contributed by atoms with Gasteiger partial charge in [0.25, 0.3) is 11.6 Å². The molecule has 2 aromatic rings. The highest BCUT2D eigenvalue weighted by Gasteiger charge is 2.23. The van der Waals surface area contributed by atoms with Gasteiger partial charge in [-0.1, -0.05) is 6.92 Å². The molecule has 29 heavy (non-hydrogen) atoms. The van der Waals surface area contributed by atoms with Crippen LogP contribution in [0.3, 0.4) is 0 Å². The molecule has 1 aliphatic heterocycles. The molecule has 0 radical (unpaired) electrons. The van der Waals surface area contributed by atoms with Gasteiger partial charge in [-0.2, -0.15) is 0 Å². The standard InChI is InChI=1S/C21H24N4O4/c1-14-9-11-24(12-10-14)20-8-7-18(25(28)29)13-19(20)21(27)23-17-5-3-16(4-6-17)22-15(2)26/h3-8,13-14H,9-12H2,1-2H3,(H,22,26)(H,23,27). The van der Waals surface area contributed by atoms with Crippen LogP contribution in [0.25, 0.3) is 0 Å². The number of rotatable bonds is 5. The third-order valence-electron chi connectivity index (χ3n) is 5.02. The molecule has 152 valence electrons. The van der Waals surface area contributed by atoms with Crippen LogP contribution in [0.2, 0.25) is 0 Å². The quantitative estimate of drug-likeness (QED) is 0.586. The van der Waals surface area contributed by atoms with Crippen LogP contribution < -0.4 is 15.5 Å². The predicted molar refractivity (Wildman–Crippen MR) is 112 cm³/mol. The Morgan fingerprint density at radius 3 is 2.17 bits per heavy atom. The highest BCUT2D eigenvalue weighted by molar-refractivity contribution is 6.08. The van der Waals surface area contributed by atoms with Crippen molar-refractivity contribution in [1.82, 2.24) is 0 Å². The van der Waals surface area contributed by atoms with Crippen LogP contribution >= 0.6 is 0 Å². The van der Waals surface area contributed by atoms with Gasteiger partial charge in [-0.25, -0.2) is 0 Å². The van der Waals surface area contributed by atoms with Crippen molar-refractivity contribution < 1.29 is 14.5 Å². The number of anilines is 3. The normalized spacial score (nSPS) is 14.3. The van der Waals surface area contributed by atoms with Crippen LogP contribution in [0.5, 0.6) is 0 Å². The Morgan fingerprint density at radius 2 is 1.62 bits per heavy atom. The zero-order valence-corrected chi connectivity index (χ0v) is 16.5. The number of hydrogen-bond donors (Lipinski definition) is 2. The van der Waals surface area contributed by atoms with Crippen molar-refractivity contribution in [3.8, 4) is 0 Å².